The van der Waals surface area contributed by atoms with Crippen molar-refractivity contribution in [1.29, 1.82) is 0 Å². The summed E-state index contributed by atoms with van der Waals surface area (Å²) >= 11 is 3.28. The van der Waals surface area contributed by atoms with Crippen molar-refractivity contribution >= 4 is 21.8 Å². The van der Waals surface area contributed by atoms with Crippen LogP contribution in [0.1, 0.15) is 16.2 Å². The van der Waals surface area contributed by atoms with Gasteiger partial charge in [-0.3, -0.25) is 9.89 Å². The third kappa shape index (κ3) is 2.88. The van der Waals surface area contributed by atoms with Crippen molar-refractivity contribution in [3.63, 3.8) is 0 Å². The standard InChI is InChI=1S/C10H8BrFN4O/c11-8-2-1-7(12)3-6(8)4-13-10(17)9-14-5-15-16-9/h1-3,5H,4H2,(H,13,17)(H,14,15,16). The number of carbonyl (C=O) groups is 1. The highest BCUT2D eigenvalue weighted by Crippen LogP contribution is 2.17. The summed E-state index contributed by atoms with van der Waals surface area (Å²) in [5, 5.41) is 8.60. The lowest BCUT2D eigenvalue weighted by atomic mass is 10.2. The SMILES string of the molecule is O=C(NCc1cc(F)ccc1Br)c1ncn[nH]1. The van der Waals surface area contributed by atoms with Gasteiger partial charge in [-0.25, -0.2) is 9.37 Å². The van der Waals surface area contributed by atoms with Crippen LogP contribution in [0.4, 0.5) is 4.39 Å². The molecule has 0 atom stereocenters. The summed E-state index contributed by atoms with van der Waals surface area (Å²) in [5.41, 5.74) is 0.651. The van der Waals surface area contributed by atoms with E-state index >= 15 is 0 Å². The minimum atomic E-state index is -0.390. The molecule has 5 nitrogen and oxygen atoms in total. The van der Waals surface area contributed by atoms with Crippen molar-refractivity contribution in [3.05, 3.63) is 46.2 Å². The molecule has 0 bridgehead atoms. The molecule has 17 heavy (non-hydrogen) atoms. The Balaban J connectivity index is 2.03. The first-order valence-corrected chi connectivity index (χ1v) is 5.53. The Morgan fingerprint density at radius 1 is 1.53 bits per heavy atom. The minimum absolute atomic E-state index is 0.123. The molecule has 0 radical (unpaired) electrons. The summed E-state index contributed by atoms with van der Waals surface area (Å²) < 4.78 is 13.7. The molecule has 1 aromatic carbocycles. The highest BCUT2D eigenvalue weighted by molar-refractivity contribution is 9.10. The number of halogens is 2. The number of aromatic amines is 1. The second kappa shape index (κ2) is 5.05. The molecule has 1 aromatic heterocycles. The Kier molecular flexibility index (Phi) is 3.48. The Hall–Kier alpha value is -1.76. The minimum Gasteiger partial charge on any atom is -0.345 e. The average Bonchev–Trinajstić information content (AvgIpc) is 2.83. The second-order valence-corrected chi connectivity index (χ2v) is 4.11. The maximum atomic E-state index is 13.0. The maximum Gasteiger partial charge on any atom is 0.288 e. The second-order valence-electron chi connectivity index (χ2n) is 3.25. The van der Waals surface area contributed by atoms with Gasteiger partial charge in [0.05, 0.1) is 0 Å². The fourth-order valence-corrected chi connectivity index (χ4v) is 1.64. The highest BCUT2D eigenvalue weighted by atomic mass is 79.9. The van der Waals surface area contributed by atoms with Crippen molar-refractivity contribution in [2.24, 2.45) is 0 Å². The van der Waals surface area contributed by atoms with Crippen LogP contribution < -0.4 is 5.32 Å². The van der Waals surface area contributed by atoms with E-state index in [-0.39, 0.29) is 18.2 Å². The number of H-pyrrole nitrogens is 1. The van der Waals surface area contributed by atoms with E-state index in [1.165, 1.54) is 18.5 Å². The van der Waals surface area contributed by atoms with E-state index in [9.17, 15) is 9.18 Å². The number of nitrogens with one attached hydrogen (secondary N) is 2. The van der Waals surface area contributed by atoms with Gasteiger partial charge in [0.25, 0.3) is 5.91 Å². The molecule has 0 aliphatic heterocycles. The summed E-state index contributed by atoms with van der Waals surface area (Å²) in [4.78, 5) is 15.2. The van der Waals surface area contributed by atoms with Gasteiger partial charge in [-0.1, -0.05) is 15.9 Å². The number of rotatable bonds is 3. The van der Waals surface area contributed by atoms with Crippen LogP contribution in [0.25, 0.3) is 0 Å². The van der Waals surface area contributed by atoms with Gasteiger partial charge in [-0.2, -0.15) is 5.10 Å². The van der Waals surface area contributed by atoms with Crippen LogP contribution in [0.3, 0.4) is 0 Å². The van der Waals surface area contributed by atoms with E-state index in [4.69, 9.17) is 0 Å². The summed E-state index contributed by atoms with van der Waals surface area (Å²) in [6.07, 6.45) is 1.24. The summed E-state index contributed by atoms with van der Waals surface area (Å²) in [6.45, 7) is 0.206. The molecule has 2 N–H and O–H groups in total. The van der Waals surface area contributed by atoms with Gasteiger partial charge in [0.1, 0.15) is 12.1 Å². The molecule has 1 heterocycles. The van der Waals surface area contributed by atoms with Crippen molar-refractivity contribution in [2.45, 2.75) is 6.54 Å². The van der Waals surface area contributed by atoms with Crippen molar-refractivity contribution in [1.82, 2.24) is 20.5 Å². The topological polar surface area (TPSA) is 70.7 Å². The van der Waals surface area contributed by atoms with Gasteiger partial charge in [-0.05, 0) is 23.8 Å². The molecule has 0 unspecified atom stereocenters. The number of carbonyl (C=O) groups excluding carboxylic acids is 1. The predicted molar refractivity (Wildman–Crippen MR) is 61.7 cm³/mol. The molecule has 88 valence electrons. The van der Waals surface area contributed by atoms with Crippen molar-refractivity contribution in [2.75, 3.05) is 0 Å². The quantitative estimate of drug-likeness (QED) is 0.905. The van der Waals surface area contributed by atoms with Gasteiger partial charge in [-0.15, -0.1) is 0 Å². The molecule has 0 spiro atoms. The van der Waals surface area contributed by atoms with Crippen LogP contribution in [-0.2, 0) is 6.54 Å². The summed E-state index contributed by atoms with van der Waals surface area (Å²) in [6, 6.07) is 4.28. The highest BCUT2D eigenvalue weighted by Gasteiger charge is 2.09. The molecule has 2 rings (SSSR count). The first-order valence-electron chi connectivity index (χ1n) is 4.74. The number of hydrogen-bond acceptors (Lipinski definition) is 3. The molecule has 7 heteroatoms. The van der Waals surface area contributed by atoms with E-state index in [0.717, 1.165) is 4.47 Å². The Morgan fingerprint density at radius 3 is 3.06 bits per heavy atom. The van der Waals surface area contributed by atoms with Gasteiger partial charge >= 0.3 is 0 Å². The molecule has 0 aliphatic carbocycles. The Bertz CT molecular complexity index is 529. The van der Waals surface area contributed by atoms with Gasteiger partial charge in [0, 0.05) is 11.0 Å². The number of amides is 1. The maximum absolute atomic E-state index is 13.0. The number of nitrogens with zero attached hydrogens (tertiary/aromatic N) is 2. The smallest absolute Gasteiger partial charge is 0.288 e. The summed E-state index contributed by atoms with van der Waals surface area (Å²) in [7, 11) is 0. The Morgan fingerprint density at radius 2 is 2.35 bits per heavy atom. The zero-order valence-corrected chi connectivity index (χ0v) is 10.2. The normalized spacial score (nSPS) is 10.2. The zero-order chi connectivity index (χ0) is 12.3. The fraction of sp³-hybridized carbons (Fsp3) is 0.100. The van der Waals surface area contributed by atoms with Crippen LogP contribution >= 0.6 is 15.9 Å². The molecular weight excluding hydrogens is 291 g/mol. The van der Waals surface area contributed by atoms with E-state index in [0.29, 0.717) is 5.56 Å². The molecular formula is C10H8BrFN4O. The molecule has 2 aromatic rings. The first kappa shape index (κ1) is 11.7. The lowest BCUT2D eigenvalue weighted by molar-refractivity contribution is 0.0941. The van der Waals surface area contributed by atoms with E-state index < -0.39 is 5.91 Å². The number of aromatic nitrogens is 3. The molecule has 0 fully saturated rings. The number of benzene rings is 1. The van der Waals surface area contributed by atoms with E-state index in [1.807, 2.05) is 0 Å². The number of hydrogen-bond donors (Lipinski definition) is 2. The van der Waals surface area contributed by atoms with Gasteiger partial charge in [0.2, 0.25) is 5.82 Å². The predicted octanol–water partition coefficient (Wildman–Crippen LogP) is 1.64. The fourth-order valence-electron chi connectivity index (χ4n) is 1.25. The lowest BCUT2D eigenvalue weighted by Gasteiger charge is -2.05. The van der Waals surface area contributed by atoms with Crippen LogP contribution in [0.5, 0.6) is 0 Å². The van der Waals surface area contributed by atoms with Crippen LogP contribution in [-0.4, -0.2) is 21.1 Å². The molecule has 0 saturated carbocycles. The van der Waals surface area contributed by atoms with Crippen LogP contribution in [0, 0.1) is 5.82 Å². The Labute approximate surface area is 105 Å². The molecule has 0 saturated heterocycles. The first-order chi connectivity index (χ1) is 8.16. The van der Waals surface area contributed by atoms with Gasteiger partial charge < -0.3 is 5.32 Å². The van der Waals surface area contributed by atoms with Crippen LogP contribution in [0.15, 0.2) is 29.0 Å². The third-order valence-electron chi connectivity index (χ3n) is 2.08. The largest absolute Gasteiger partial charge is 0.345 e. The van der Waals surface area contributed by atoms with Crippen LogP contribution in [0.2, 0.25) is 0 Å². The molecule has 0 aliphatic rings. The van der Waals surface area contributed by atoms with Crippen molar-refractivity contribution < 1.29 is 9.18 Å². The van der Waals surface area contributed by atoms with Crippen molar-refractivity contribution in [3.8, 4) is 0 Å². The zero-order valence-electron chi connectivity index (χ0n) is 8.58. The molecule has 1 amide bonds. The van der Waals surface area contributed by atoms with Gasteiger partial charge in [0.15, 0.2) is 0 Å². The average molecular weight is 299 g/mol. The third-order valence-corrected chi connectivity index (χ3v) is 2.85. The summed E-state index contributed by atoms with van der Waals surface area (Å²) in [5.74, 6) is -0.617. The monoisotopic (exact) mass is 298 g/mol. The lowest BCUT2D eigenvalue weighted by Crippen LogP contribution is -2.24. The van der Waals surface area contributed by atoms with E-state index in [2.05, 4.69) is 36.4 Å². The van der Waals surface area contributed by atoms with E-state index in [1.54, 1.807) is 6.07 Å².